The van der Waals surface area contributed by atoms with Gasteiger partial charge in [-0.05, 0) is 38.2 Å². The Morgan fingerprint density at radius 3 is 2.62 bits per heavy atom. The van der Waals surface area contributed by atoms with E-state index in [-0.39, 0.29) is 0 Å². The van der Waals surface area contributed by atoms with Gasteiger partial charge in [-0.15, -0.1) is 0 Å². The molecule has 0 amide bonds. The Balaban J connectivity index is 2.90. The van der Waals surface area contributed by atoms with Gasteiger partial charge >= 0.3 is 0 Å². The Morgan fingerprint density at radius 2 is 2.08 bits per heavy atom. The fourth-order valence-electron chi connectivity index (χ4n) is 1.82. The van der Waals surface area contributed by atoms with Crippen molar-refractivity contribution in [1.29, 1.82) is 0 Å². The Bertz CT molecular complexity index is 230. The molecule has 0 aromatic rings. The van der Waals surface area contributed by atoms with Crippen LogP contribution >= 0.6 is 0 Å². The van der Waals surface area contributed by atoms with E-state index < -0.39 is 0 Å². The minimum atomic E-state index is 0.630. The van der Waals surface area contributed by atoms with Crippen LogP contribution in [-0.2, 0) is 0 Å². The predicted molar refractivity (Wildman–Crippen MR) is 58.5 cm³/mol. The zero-order valence-electron chi connectivity index (χ0n) is 9.28. The molecule has 0 bridgehead atoms. The van der Waals surface area contributed by atoms with Gasteiger partial charge in [-0.3, -0.25) is 0 Å². The fourth-order valence-corrected chi connectivity index (χ4v) is 1.82. The van der Waals surface area contributed by atoms with Gasteiger partial charge in [0.05, 0.1) is 0 Å². The molecule has 0 spiro atoms. The van der Waals surface area contributed by atoms with E-state index in [0.29, 0.717) is 5.92 Å². The van der Waals surface area contributed by atoms with Crippen molar-refractivity contribution in [2.24, 2.45) is 5.92 Å². The lowest BCUT2D eigenvalue weighted by molar-refractivity contribution is 0.584. The zero-order valence-corrected chi connectivity index (χ0v) is 9.28. The minimum absolute atomic E-state index is 0.630. The van der Waals surface area contributed by atoms with Gasteiger partial charge in [0.2, 0.25) is 0 Å². The maximum atomic E-state index is 3.51. The van der Waals surface area contributed by atoms with Gasteiger partial charge in [0, 0.05) is 12.2 Å². The molecule has 0 unspecified atom stereocenters. The highest BCUT2D eigenvalue weighted by Crippen LogP contribution is 2.22. The highest BCUT2D eigenvalue weighted by molar-refractivity contribution is 5.29. The number of rotatable bonds is 2. The molecule has 1 heterocycles. The number of nitrogens with one attached hydrogen (secondary N) is 1. The molecule has 74 valence electrons. The Hall–Kier alpha value is -0.720. The second-order valence-electron chi connectivity index (χ2n) is 4.35. The van der Waals surface area contributed by atoms with Crippen LogP contribution in [0.15, 0.2) is 22.9 Å². The molecule has 0 aromatic heterocycles. The van der Waals surface area contributed by atoms with Crippen LogP contribution in [0.4, 0.5) is 0 Å². The lowest BCUT2D eigenvalue weighted by Gasteiger charge is -2.23. The standard InChI is InChI=1S/C12H21N/c1-9(2)8-11-6-5-7-13-12(11)10(3)4/h8,10,13H,5-7H2,1-4H3. The summed E-state index contributed by atoms with van der Waals surface area (Å²) in [6.45, 7) is 9.99. The summed E-state index contributed by atoms with van der Waals surface area (Å²) < 4.78 is 0. The van der Waals surface area contributed by atoms with Crippen molar-refractivity contribution in [3.05, 3.63) is 22.9 Å². The molecule has 1 heteroatoms. The SMILES string of the molecule is CC(C)=CC1=C(C(C)C)NCCC1. The summed E-state index contributed by atoms with van der Waals surface area (Å²) in [4.78, 5) is 0. The Labute approximate surface area is 81.9 Å². The predicted octanol–water partition coefficient (Wildman–Crippen LogP) is 3.25. The van der Waals surface area contributed by atoms with Crippen molar-refractivity contribution in [3.8, 4) is 0 Å². The van der Waals surface area contributed by atoms with Crippen molar-refractivity contribution < 1.29 is 0 Å². The van der Waals surface area contributed by atoms with Crippen LogP contribution in [-0.4, -0.2) is 6.54 Å². The van der Waals surface area contributed by atoms with Crippen molar-refractivity contribution in [1.82, 2.24) is 5.32 Å². The molecule has 0 saturated carbocycles. The van der Waals surface area contributed by atoms with Crippen LogP contribution in [0.3, 0.4) is 0 Å². The maximum absolute atomic E-state index is 3.51. The van der Waals surface area contributed by atoms with Crippen LogP contribution in [0, 0.1) is 5.92 Å². The zero-order chi connectivity index (χ0) is 9.84. The highest BCUT2D eigenvalue weighted by atomic mass is 14.9. The molecule has 0 atom stereocenters. The van der Waals surface area contributed by atoms with Gasteiger partial charge in [-0.2, -0.15) is 0 Å². The van der Waals surface area contributed by atoms with Crippen molar-refractivity contribution in [2.45, 2.75) is 40.5 Å². The number of hydrogen-bond acceptors (Lipinski definition) is 1. The average molecular weight is 179 g/mol. The summed E-state index contributed by atoms with van der Waals surface area (Å²) in [7, 11) is 0. The first kappa shape index (κ1) is 10.4. The third-order valence-corrected chi connectivity index (χ3v) is 2.32. The summed E-state index contributed by atoms with van der Waals surface area (Å²) in [6.07, 6.45) is 4.84. The van der Waals surface area contributed by atoms with E-state index in [1.165, 1.54) is 29.7 Å². The molecule has 0 saturated heterocycles. The number of allylic oxidation sites excluding steroid dienone is 4. The van der Waals surface area contributed by atoms with Gasteiger partial charge in [0.1, 0.15) is 0 Å². The quantitative estimate of drug-likeness (QED) is 0.686. The van der Waals surface area contributed by atoms with Gasteiger partial charge in [0.25, 0.3) is 0 Å². The van der Waals surface area contributed by atoms with E-state index in [1.54, 1.807) is 0 Å². The lowest BCUT2D eigenvalue weighted by atomic mass is 9.96. The monoisotopic (exact) mass is 179 g/mol. The van der Waals surface area contributed by atoms with Gasteiger partial charge in [0.15, 0.2) is 0 Å². The Kier molecular flexibility index (Phi) is 3.58. The third-order valence-electron chi connectivity index (χ3n) is 2.32. The summed E-state index contributed by atoms with van der Waals surface area (Å²) in [5, 5.41) is 3.51. The van der Waals surface area contributed by atoms with Crippen LogP contribution in [0.1, 0.15) is 40.5 Å². The van der Waals surface area contributed by atoms with E-state index in [1.807, 2.05) is 0 Å². The van der Waals surface area contributed by atoms with Crippen LogP contribution in [0.2, 0.25) is 0 Å². The average Bonchev–Trinajstić information content (AvgIpc) is 2.03. The molecule has 0 aromatic carbocycles. The molecular formula is C12H21N. The molecule has 1 aliphatic heterocycles. The molecular weight excluding hydrogens is 158 g/mol. The smallest absolute Gasteiger partial charge is 0.0165 e. The first-order chi connectivity index (χ1) is 6.11. The summed E-state index contributed by atoms with van der Waals surface area (Å²) in [6, 6.07) is 0. The van der Waals surface area contributed by atoms with Gasteiger partial charge < -0.3 is 5.32 Å². The van der Waals surface area contributed by atoms with Crippen molar-refractivity contribution in [2.75, 3.05) is 6.54 Å². The largest absolute Gasteiger partial charge is 0.388 e. The highest BCUT2D eigenvalue weighted by Gasteiger charge is 2.12. The molecule has 1 aliphatic rings. The summed E-state index contributed by atoms with van der Waals surface area (Å²) in [5.74, 6) is 0.630. The molecule has 13 heavy (non-hydrogen) atoms. The maximum Gasteiger partial charge on any atom is 0.0165 e. The third kappa shape index (κ3) is 2.91. The topological polar surface area (TPSA) is 12.0 Å². The van der Waals surface area contributed by atoms with E-state index in [4.69, 9.17) is 0 Å². The van der Waals surface area contributed by atoms with E-state index in [2.05, 4.69) is 39.1 Å². The van der Waals surface area contributed by atoms with Crippen LogP contribution in [0.5, 0.6) is 0 Å². The normalized spacial score (nSPS) is 17.3. The van der Waals surface area contributed by atoms with E-state index in [9.17, 15) is 0 Å². The molecule has 1 nitrogen and oxygen atoms in total. The molecule has 0 aliphatic carbocycles. The van der Waals surface area contributed by atoms with Crippen LogP contribution < -0.4 is 5.32 Å². The van der Waals surface area contributed by atoms with Gasteiger partial charge in [-0.25, -0.2) is 0 Å². The summed E-state index contributed by atoms with van der Waals surface area (Å²) >= 11 is 0. The van der Waals surface area contributed by atoms with Gasteiger partial charge in [-0.1, -0.05) is 25.5 Å². The summed E-state index contributed by atoms with van der Waals surface area (Å²) in [5.41, 5.74) is 4.37. The second-order valence-corrected chi connectivity index (χ2v) is 4.35. The fraction of sp³-hybridized carbons (Fsp3) is 0.667. The van der Waals surface area contributed by atoms with E-state index >= 15 is 0 Å². The first-order valence-corrected chi connectivity index (χ1v) is 5.23. The van der Waals surface area contributed by atoms with E-state index in [0.717, 1.165) is 6.54 Å². The molecule has 0 radical (unpaired) electrons. The minimum Gasteiger partial charge on any atom is -0.388 e. The Morgan fingerprint density at radius 1 is 1.38 bits per heavy atom. The van der Waals surface area contributed by atoms with Crippen molar-refractivity contribution >= 4 is 0 Å². The van der Waals surface area contributed by atoms with Crippen LogP contribution in [0.25, 0.3) is 0 Å². The van der Waals surface area contributed by atoms with Crippen molar-refractivity contribution in [3.63, 3.8) is 0 Å². The first-order valence-electron chi connectivity index (χ1n) is 5.23. The lowest BCUT2D eigenvalue weighted by Crippen LogP contribution is -2.24. The number of hydrogen-bond donors (Lipinski definition) is 1. The molecule has 1 rings (SSSR count). The molecule has 1 N–H and O–H groups in total. The molecule has 0 fully saturated rings. The second kappa shape index (κ2) is 4.50.